The van der Waals surface area contributed by atoms with Crippen LogP contribution in [0.3, 0.4) is 0 Å². The van der Waals surface area contributed by atoms with Gasteiger partial charge in [-0.25, -0.2) is 0 Å². The van der Waals surface area contributed by atoms with Crippen molar-refractivity contribution in [1.29, 1.82) is 5.26 Å². The second-order valence-corrected chi connectivity index (χ2v) is 3.37. The number of rotatable bonds is 4. The molecule has 0 saturated heterocycles. The van der Waals surface area contributed by atoms with Crippen molar-refractivity contribution in [2.24, 2.45) is 0 Å². The maximum absolute atomic E-state index is 11.4. The van der Waals surface area contributed by atoms with E-state index in [-0.39, 0.29) is 22.8 Å². The Labute approximate surface area is 89.9 Å². The van der Waals surface area contributed by atoms with E-state index in [0.29, 0.717) is 0 Å². The molecule has 0 radical (unpaired) electrons. The number of carbonyl (C=O) groups excluding carboxylic acids is 1. The summed E-state index contributed by atoms with van der Waals surface area (Å²) in [6.45, 7) is 0. The summed E-state index contributed by atoms with van der Waals surface area (Å²) in [6, 6.07) is 5.46. The molecule has 5 nitrogen and oxygen atoms in total. The summed E-state index contributed by atoms with van der Waals surface area (Å²) >= 11 is 0.811. The Hall–Kier alpha value is -1.87. The fourth-order valence-corrected chi connectivity index (χ4v) is 1.34. The van der Waals surface area contributed by atoms with E-state index in [9.17, 15) is 14.9 Å². The number of benzene rings is 1. The van der Waals surface area contributed by atoms with Gasteiger partial charge in [-0.1, -0.05) is 12.1 Å². The number of Topliss-reactive ketones (excluding diaryl/α,β-unsaturated/α-hetero) is 1. The molecule has 0 bridgehead atoms. The molecule has 0 aliphatic rings. The van der Waals surface area contributed by atoms with Crippen LogP contribution in [-0.4, -0.2) is 16.5 Å². The number of carbonyl (C=O) groups is 1. The van der Waals surface area contributed by atoms with Gasteiger partial charge in [0, 0.05) is 17.7 Å². The molecule has 0 N–H and O–H groups in total. The Balaban J connectivity index is 2.86. The number of hydrogen-bond donors (Lipinski definition) is 0. The Morgan fingerprint density at radius 3 is 2.93 bits per heavy atom. The zero-order chi connectivity index (χ0) is 11.3. The molecule has 15 heavy (non-hydrogen) atoms. The van der Waals surface area contributed by atoms with Crippen LogP contribution in [0.25, 0.3) is 0 Å². The molecular formula is C9H6N2O3S. The van der Waals surface area contributed by atoms with Crippen molar-refractivity contribution in [1.82, 2.24) is 0 Å². The fraction of sp³-hybridized carbons (Fsp3) is 0.111. The lowest BCUT2D eigenvalue weighted by molar-refractivity contribution is -0.384. The lowest BCUT2D eigenvalue weighted by Crippen LogP contribution is -2.02. The number of ketones is 1. The number of hydrogen-bond acceptors (Lipinski definition) is 5. The van der Waals surface area contributed by atoms with Crippen LogP contribution in [0, 0.1) is 20.8 Å². The van der Waals surface area contributed by atoms with E-state index >= 15 is 0 Å². The van der Waals surface area contributed by atoms with Crippen LogP contribution in [0.15, 0.2) is 24.3 Å². The molecule has 76 valence electrons. The highest BCUT2D eigenvalue weighted by Gasteiger charge is 2.11. The number of nitrogens with zero attached hydrogens (tertiary/aromatic N) is 2. The van der Waals surface area contributed by atoms with Crippen LogP contribution < -0.4 is 0 Å². The van der Waals surface area contributed by atoms with Crippen molar-refractivity contribution in [3.05, 3.63) is 39.9 Å². The van der Waals surface area contributed by atoms with Crippen molar-refractivity contribution in [2.75, 3.05) is 5.75 Å². The first-order chi connectivity index (χ1) is 7.15. The predicted octanol–water partition coefficient (Wildman–Crippen LogP) is 1.99. The van der Waals surface area contributed by atoms with Gasteiger partial charge in [0.25, 0.3) is 5.69 Å². The van der Waals surface area contributed by atoms with Crippen molar-refractivity contribution in [3.63, 3.8) is 0 Å². The summed E-state index contributed by atoms with van der Waals surface area (Å²) in [5.41, 5.74) is 0.134. The summed E-state index contributed by atoms with van der Waals surface area (Å²) in [6.07, 6.45) is 0. The van der Waals surface area contributed by atoms with E-state index in [4.69, 9.17) is 5.26 Å². The van der Waals surface area contributed by atoms with Gasteiger partial charge in [0.15, 0.2) is 5.78 Å². The Morgan fingerprint density at radius 2 is 2.33 bits per heavy atom. The van der Waals surface area contributed by atoms with Gasteiger partial charge in [0.05, 0.1) is 10.7 Å². The van der Waals surface area contributed by atoms with Crippen LogP contribution in [0.5, 0.6) is 0 Å². The number of thiocyanates is 1. The lowest BCUT2D eigenvalue weighted by atomic mass is 10.1. The quantitative estimate of drug-likeness (QED) is 0.336. The van der Waals surface area contributed by atoms with Gasteiger partial charge in [-0.05, 0) is 11.8 Å². The zero-order valence-electron chi connectivity index (χ0n) is 7.54. The third-order valence-electron chi connectivity index (χ3n) is 1.65. The van der Waals surface area contributed by atoms with Crippen molar-refractivity contribution in [2.45, 2.75) is 0 Å². The zero-order valence-corrected chi connectivity index (χ0v) is 8.36. The maximum Gasteiger partial charge on any atom is 0.270 e. The first kappa shape index (κ1) is 11.2. The molecule has 0 unspecified atom stereocenters. The molecular weight excluding hydrogens is 216 g/mol. The summed E-state index contributed by atoms with van der Waals surface area (Å²) in [4.78, 5) is 21.2. The molecule has 0 spiro atoms. The van der Waals surface area contributed by atoms with E-state index in [1.165, 1.54) is 24.3 Å². The van der Waals surface area contributed by atoms with Crippen LogP contribution in [0.2, 0.25) is 0 Å². The van der Waals surface area contributed by atoms with Crippen molar-refractivity contribution < 1.29 is 9.72 Å². The monoisotopic (exact) mass is 222 g/mol. The van der Waals surface area contributed by atoms with Gasteiger partial charge >= 0.3 is 0 Å². The average molecular weight is 222 g/mol. The standard InChI is InChI=1S/C9H6N2O3S/c10-6-15-5-9(12)7-2-1-3-8(4-7)11(13)14/h1-4H,5H2. The molecule has 0 saturated carbocycles. The van der Waals surface area contributed by atoms with Gasteiger partial charge in [0.1, 0.15) is 5.40 Å². The first-order valence-corrected chi connectivity index (χ1v) is 4.92. The van der Waals surface area contributed by atoms with E-state index < -0.39 is 4.92 Å². The highest BCUT2D eigenvalue weighted by molar-refractivity contribution is 8.04. The SMILES string of the molecule is N#CSCC(=O)c1cccc([N+](=O)[O-])c1. The van der Waals surface area contributed by atoms with E-state index in [2.05, 4.69) is 0 Å². The number of non-ortho nitro benzene ring substituents is 1. The second kappa shape index (κ2) is 5.12. The topological polar surface area (TPSA) is 84.0 Å². The van der Waals surface area contributed by atoms with Gasteiger partial charge in [-0.15, -0.1) is 0 Å². The normalized spacial score (nSPS) is 9.27. The number of nitro benzene ring substituents is 1. The van der Waals surface area contributed by atoms with Gasteiger partial charge in [-0.3, -0.25) is 14.9 Å². The first-order valence-electron chi connectivity index (χ1n) is 3.93. The Kier molecular flexibility index (Phi) is 3.83. The lowest BCUT2D eigenvalue weighted by Gasteiger charge is -1.97. The third-order valence-corrected chi connectivity index (χ3v) is 2.18. The van der Waals surface area contributed by atoms with Crippen LogP contribution in [-0.2, 0) is 0 Å². The summed E-state index contributed by atoms with van der Waals surface area (Å²) in [5.74, 6) is -0.275. The fourth-order valence-electron chi connectivity index (χ4n) is 0.974. The van der Waals surface area contributed by atoms with E-state index in [1.54, 1.807) is 5.40 Å². The largest absolute Gasteiger partial charge is 0.293 e. The molecule has 0 aliphatic carbocycles. The summed E-state index contributed by atoms with van der Waals surface area (Å²) < 4.78 is 0. The molecule has 6 heteroatoms. The molecule has 0 aliphatic heterocycles. The molecule has 0 fully saturated rings. The molecule has 0 atom stereocenters. The van der Waals surface area contributed by atoms with Crippen molar-refractivity contribution >= 4 is 23.2 Å². The smallest absolute Gasteiger partial charge is 0.270 e. The number of thioether (sulfide) groups is 1. The van der Waals surface area contributed by atoms with Gasteiger partial charge in [0.2, 0.25) is 0 Å². The maximum atomic E-state index is 11.4. The molecule has 1 aromatic rings. The molecule has 1 rings (SSSR count). The minimum absolute atomic E-state index is 0.0116. The molecule has 0 amide bonds. The van der Waals surface area contributed by atoms with E-state index in [1.807, 2.05) is 0 Å². The molecule has 0 heterocycles. The van der Waals surface area contributed by atoms with Crippen molar-refractivity contribution in [3.8, 4) is 5.40 Å². The Bertz CT molecular complexity index is 439. The summed E-state index contributed by atoms with van der Waals surface area (Å²) in [5, 5.41) is 20.5. The number of nitriles is 1. The highest BCUT2D eigenvalue weighted by Crippen LogP contribution is 2.14. The highest BCUT2D eigenvalue weighted by atomic mass is 32.2. The predicted molar refractivity (Wildman–Crippen MR) is 55.5 cm³/mol. The molecule has 1 aromatic carbocycles. The molecule has 0 aromatic heterocycles. The average Bonchev–Trinajstić information content (AvgIpc) is 2.26. The summed E-state index contributed by atoms with van der Waals surface area (Å²) in [7, 11) is 0. The minimum Gasteiger partial charge on any atom is -0.293 e. The number of nitro groups is 1. The second-order valence-electron chi connectivity index (χ2n) is 2.61. The minimum atomic E-state index is -0.561. The van der Waals surface area contributed by atoms with Gasteiger partial charge in [-0.2, -0.15) is 5.26 Å². The van der Waals surface area contributed by atoms with Crippen LogP contribution >= 0.6 is 11.8 Å². The Morgan fingerprint density at radius 1 is 1.60 bits per heavy atom. The van der Waals surface area contributed by atoms with Crippen LogP contribution in [0.4, 0.5) is 5.69 Å². The van der Waals surface area contributed by atoms with Gasteiger partial charge < -0.3 is 0 Å². The van der Waals surface area contributed by atoms with E-state index in [0.717, 1.165) is 11.8 Å². The third kappa shape index (κ3) is 3.07. The van der Waals surface area contributed by atoms with Crippen LogP contribution in [0.1, 0.15) is 10.4 Å².